The van der Waals surface area contributed by atoms with Gasteiger partial charge in [-0.25, -0.2) is 14.8 Å². The number of amides is 1. The van der Waals surface area contributed by atoms with Gasteiger partial charge in [-0.05, 0) is 51.5 Å². The fourth-order valence-electron chi connectivity index (χ4n) is 2.76. The molecule has 1 N–H and O–H groups in total. The Hall–Kier alpha value is -3.75. The van der Waals surface area contributed by atoms with Gasteiger partial charge in [0.2, 0.25) is 0 Å². The van der Waals surface area contributed by atoms with Crippen LogP contribution in [0.5, 0.6) is 5.75 Å². The molecule has 2 heterocycles. The van der Waals surface area contributed by atoms with Crippen LogP contribution in [0.4, 0.5) is 5.82 Å². The van der Waals surface area contributed by atoms with Crippen molar-refractivity contribution in [1.29, 1.82) is 0 Å². The minimum absolute atomic E-state index is 0.288. The second-order valence-corrected chi connectivity index (χ2v) is 6.85. The SMILES string of the molecule is Cc1cccc(OCC(=O)OCC(=O)Nc2cc(C)nn2-c2nc(C)cc(C)n2)c1. The molecule has 0 aliphatic heterocycles. The van der Waals surface area contributed by atoms with Gasteiger partial charge in [0, 0.05) is 17.5 Å². The second kappa shape index (κ2) is 9.17. The van der Waals surface area contributed by atoms with Crippen molar-refractivity contribution in [1.82, 2.24) is 19.7 Å². The summed E-state index contributed by atoms with van der Waals surface area (Å²) >= 11 is 0. The Balaban J connectivity index is 1.57. The third-order valence-electron chi connectivity index (χ3n) is 3.97. The van der Waals surface area contributed by atoms with Crippen LogP contribution in [-0.4, -0.2) is 44.8 Å². The van der Waals surface area contributed by atoms with E-state index in [-0.39, 0.29) is 6.61 Å². The molecule has 9 nitrogen and oxygen atoms in total. The standard InChI is InChI=1S/C21H23N5O4/c1-13-6-5-7-17(8-13)29-12-20(28)30-11-19(27)24-18-10-16(4)25-26(18)21-22-14(2)9-15(3)23-21/h5-10H,11-12H2,1-4H3,(H,24,27). The van der Waals surface area contributed by atoms with E-state index in [1.54, 1.807) is 25.1 Å². The van der Waals surface area contributed by atoms with Crippen molar-refractivity contribution in [3.8, 4) is 11.7 Å². The smallest absolute Gasteiger partial charge is 0.344 e. The van der Waals surface area contributed by atoms with Crippen molar-refractivity contribution in [3.05, 3.63) is 59.0 Å². The minimum Gasteiger partial charge on any atom is -0.482 e. The van der Waals surface area contributed by atoms with Gasteiger partial charge < -0.3 is 14.8 Å². The molecule has 0 fully saturated rings. The third kappa shape index (κ3) is 5.63. The predicted octanol–water partition coefficient (Wildman–Crippen LogP) is 2.46. The number of hydrogen-bond acceptors (Lipinski definition) is 7. The van der Waals surface area contributed by atoms with Crippen LogP contribution in [0.2, 0.25) is 0 Å². The van der Waals surface area contributed by atoms with Crippen molar-refractivity contribution >= 4 is 17.7 Å². The van der Waals surface area contributed by atoms with Crippen molar-refractivity contribution in [2.45, 2.75) is 27.7 Å². The molecule has 0 unspecified atom stereocenters. The summed E-state index contributed by atoms with van der Waals surface area (Å²) in [6, 6.07) is 10.8. The Morgan fingerprint density at radius 2 is 1.70 bits per heavy atom. The van der Waals surface area contributed by atoms with Gasteiger partial charge in [-0.3, -0.25) is 4.79 Å². The largest absolute Gasteiger partial charge is 0.482 e. The molecule has 2 aromatic heterocycles. The topological polar surface area (TPSA) is 108 Å². The number of aryl methyl sites for hydroxylation is 4. The van der Waals surface area contributed by atoms with Crippen LogP contribution in [0, 0.1) is 27.7 Å². The van der Waals surface area contributed by atoms with E-state index in [1.165, 1.54) is 4.68 Å². The Kier molecular flexibility index (Phi) is 6.41. The van der Waals surface area contributed by atoms with Crippen LogP contribution in [0.3, 0.4) is 0 Å². The summed E-state index contributed by atoms with van der Waals surface area (Å²) in [5.41, 5.74) is 3.26. The predicted molar refractivity (Wildman–Crippen MR) is 110 cm³/mol. The van der Waals surface area contributed by atoms with E-state index >= 15 is 0 Å². The lowest BCUT2D eigenvalue weighted by atomic mass is 10.2. The highest BCUT2D eigenvalue weighted by molar-refractivity contribution is 5.92. The van der Waals surface area contributed by atoms with Gasteiger partial charge in [0.15, 0.2) is 13.2 Å². The Morgan fingerprint density at radius 1 is 0.967 bits per heavy atom. The van der Waals surface area contributed by atoms with E-state index in [0.29, 0.717) is 23.2 Å². The average molecular weight is 409 g/mol. The van der Waals surface area contributed by atoms with Crippen LogP contribution in [0.15, 0.2) is 36.4 Å². The molecule has 30 heavy (non-hydrogen) atoms. The van der Waals surface area contributed by atoms with Crippen molar-refractivity contribution < 1.29 is 19.1 Å². The number of nitrogens with zero attached hydrogens (tertiary/aromatic N) is 4. The summed E-state index contributed by atoms with van der Waals surface area (Å²) in [5, 5.41) is 7.00. The average Bonchev–Trinajstić information content (AvgIpc) is 3.04. The zero-order valence-corrected chi connectivity index (χ0v) is 17.3. The van der Waals surface area contributed by atoms with E-state index in [4.69, 9.17) is 9.47 Å². The highest BCUT2D eigenvalue weighted by atomic mass is 16.6. The molecule has 1 amide bonds. The molecule has 0 spiro atoms. The van der Waals surface area contributed by atoms with E-state index < -0.39 is 18.5 Å². The lowest BCUT2D eigenvalue weighted by molar-refractivity contribution is -0.149. The molecule has 0 aliphatic carbocycles. The molecule has 0 radical (unpaired) electrons. The number of nitrogens with one attached hydrogen (secondary N) is 1. The van der Waals surface area contributed by atoms with Crippen LogP contribution >= 0.6 is 0 Å². The Labute approximate surface area is 174 Å². The summed E-state index contributed by atoms with van der Waals surface area (Å²) in [4.78, 5) is 32.8. The fourth-order valence-corrected chi connectivity index (χ4v) is 2.76. The first-order chi connectivity index (χ1) is 14.3. The molecule has 156 valence electrons. The Bertz CT molecular complexity index is 1060. The summed E-state index contributed by atoms with van der Waals surface area (Å²) in [5.74, 6) is 0.136. The molecule has 0 atom stereocenters. The molecule has 0 aliphatic rings. The van der Waals surface area contributed by atoms with Crippen LogP contribution in [0.1, 0.15) is 22.6 Å². The second-order valence-electron chi connectivity index (χ2n) is 6.85. The number of aromatic nitrogens is 4. The summed E-state index contributed by atoms with van der Waals surface area (Å²) < 4.78 is 11.8. The molecule has 9 heteroatoms. The van der Waals surface area contributed by atoms with E-state index in [2.05, 4.69) is 20.4 Å². The van der Waals surface area contributed by atoms with Crippen LogP contribution < -0.4 is 10.1 Å². The lowest BCUT2D eigenvalue weighted by Crippen LogP contribution is -2.25. The quantitative estimate of drug-likeness (QED) is 0.597. The number of benzene rings is 1. The highest BCUT2D eigenvalue weighted by Gasteiger charge is 2.15. The van der Waals surface area contributed by atoms with Crippen LogP contribution in [0.25, 0.3) is 5.95 Å². The summed E-state index contributed by atoms with van der Waals surface area (Å²) in [6.07, 6.45) is 0. The molecule has 1 aromatic carbocycles. The number of carbonyl (C=O) groups excluding carboxylic acids is 2. The molecular weight excluding hydrogens is 386 g/mol. The minimum atomic E-state index is -0.644. The van der Waals surface area contributed by atoms with Gasteiger partial charge in [-0.1, -0.05) is 12.1 Å². The molecule has 0 saturated carbocycles. The van der Waals surface area contributed by atoms with Crippen molar-refractivity contribution in [3.63, 3.8) is 0 Å². The van der Waals surface area contributed by atoms with Crippen molar-refractivity contribution in [2.24, 2.45) is 0 Å². The molecule has 3 aromatic rings. The first-order valence-electron chi connectivity index (χ1n) is 9.34. The van der Waals surface area contributed by atoms with Crippen LogP contribution in [-0.2, 0) is 14.3 Å². The zero-order chi connectivity index (χ0) is 21.7. The van der Waals surface area contributed by atoms with Gasteiger partial charge in [0.05, 0.1) is 5.69 Å². The van der Waals surface area contributed by atoms with Gasteiger partial charge in [-0.15, -0.1) is 0 Å². The fraction of sp³-hybridized carbons (Fsp3) is 0.286. The molecule has 0 saturated heterocycles. The summed E-state index contributed by atoms with van der Waals surface area (Å²) in [6.45, 7) is 6.68. The number of hydrogen-bond donors (Lipinski definition) is 1. The first-order valence-corrected chi connectivity index (χ1v) is 9.34. The maximum Gasteiger partial charge on any atom is 0.344 e. The lowest BCUT2D eigenvalue weighted by Gasteiger charge is -2.10. The van der Waals surface area contributed by atoms with E-state index in [0.717, 1.165) is 17.0 Å². The third-order valence-corrected chi connectivity index (χ3v) is 3.97. The number of esters is 1. The molecule has 0 bridgehead atoms. The normalized spacial score (nSPS) is 10.5. The van der Waals surface area contributed by atoms with Crippen molar-refractivity contribution in [2.75, 3.05) is 18.5 Å². The van der Waals surface area contributed by atoms with Gasteiger partial charge in [0.1, 0.15) is 11.6 Å². The number of rotatable bonds is 7. The molecular formula is C21H23N5O4. The number of anilines is 1. The van der Waals surface area contributed by atoms with E-state index in [1.807, 2.05) is 39.0 Å². The first kappa shape index (κ1) is 21.0. The number of ether oxygens (including phenoxy) is 2. The van der Waals surface area contributed by atoms with Gasteiger partial charge in [-0.2, -0.15) is 9.78 Å². The molecule has 3 rings (SSSR count). The van der Waals surface area contributed by atoms with Gasteiger partial charge in [0.25, 0.3) is 11.9 Å². The highest BCUT2D eigenvalue weighted by Crippen LogP contribution is 2.15. The maximum atomic E-state index is 12.3. The number of carbonyl (C=O) groups is 2. The van der Waals surface area contributed by atoms with E-state index in [9.17, 15) is 9.59 Å². The monoisotopic (exact) mass is 409 g/mol. The maximum absolute atomic E-state index is 12.3. The zero-order valence-electron chi connectivity index (χ0n) is 17.3. The summed E-state index contributed by atoms with van der Waals surface area (Å²) in [7, 11) is 0. The Morgan fingerprint density at radius 3 is 2.40 bits per heavy atom. The van der Waals surface area contributed by atoms with Gasteiger partial charge >= 0.3 is 5.97 Å².